The number of ether oxygens (including phenoxy) is 3. The molecule has 0 saturated carbocycles. The minimum Gasteiger partial charge on any atom is -0.486 e. The van der Waals surface area contributed by atoms with E-state index in [4.69, 9.17) is 29.9 Å². The van der Waals surface area contributed by atoms with E-state index in [0.29, 0.717) is 17.3 Å². The van der Waals surface area contributed by atoms with Crippen LogP contribution in [-0.2, 0) is 16.1 Å². The van der Waals surface area contributed by atoms with E-state index in [9.17, 15) is 5.11 Å². The van der Waals surface area contributed by atoms with Crippen molar-refractivity contribution in [1.29, 1.82) is 0 Å². The van der Waals surface area contributed by atoms with Crippen LogP contribution in [0.1, 0.15) is 31.9 Å². The lowest BCUT2D eigenvalue weighted by Crippen LogP contribution is -2.51. The van der Waals surface area contributed by atoms with Gasteiger partial charge in [0.05, 0.1) is 42.6 Å². The lowest BCUT2D eigenvalue weighted by atomic mass is 9.73. The fourth-order valence-corrected chi connectivity index (χ4v) is 6.91. The van der Waals surface area contributed by atoms with Crippen molar-refractivity contribution in [2.45, 2.75) is 67.0 Å². The second kappa shape index (κ2) is 9.60. The van der Waals surface area contributed by atoms with E-state index >= 15 is 0 Å². The minimum atomic E-state index is -0.170. The molecule has 4 atom stereocenters. The van der Waals surface area contributed by atoms with Crippen LogP contribution in [0.2, 0.25) is 0 Å². The summed E-state index contributed by atoms with van der Waals surface area (Å²) in [6.45, 7) is 5.68. The van der Waals surface area contributed by atoms with Crippen LogP contribution < -0.4 is 20.3 Å². The summed E-state index contributed by atoms with van der Waals surface area (Å²) in [4.78, 5) is 19.6. The predicted molar refractivity (Wildman–Crippen MR) is 136 cm³/mol. The van der Waals surface area contributed by atoms with Crippen molar-refractivity contribution < 1.29 is 19.3 Å². The number of hydrogen-bond acceptors (Lipinski definition) is 11. The van der Waals surface area contributed by atoms with Gasteiger partial charge in [-0.3, -0.25) is 0 Å². The van der Waals surface area contributed by atoms with E-state index < -0.39 is 0 Å². The molecule has 4 aliphatic heterocycles. The molecule has 4 aliphatic rings. The van der Waals surface area contributed by atoms with Crippen LogP contribution in [0.15, 0.2) is 28.4 Å². The average molecular weight is 515 g/mol. The molecule has 3 fully saturated rings. The molecule has 3 saturated heterocycles. The van der Waals surface area contributed by atoms with Crippen molar-refractivity contribution in [3.05, 3.63) is 24.2 Å². The van der Waals surface area contributed by atoms with E-state index in [2.05, 4.69) is 21.7 Å². The van der Waals surface area contributed by atoms with E-state index in [-0.39, 0.29) is 36.3 Å². The number of pyridine rings is 1. The fourth-order valence-electron chi connectivity index (χ4n) is 6.05. The van der Waals surface area contributed by atoms with Gasteiger partial charge in [0.15, 0.2) is 17.4 Å². The zero-order chi connectivity index (χ0) is 24.9. The van der Waals surface area contributed by atoms with Crippen LogP contribution in [0, 0.1) is 5.41 Å². The molecule has 6 rings (SSSR count). The topological polar surface area (TPSA) is 119 Å². The number of anilines is 2. The normalized spacial score (nSPS) is 28.8. The lowest BCUT2D eigenvalue weighted by molar-refractivity contribution is 0.0973. The second-order valence-corrected chi connectivity index (χ2v) is 11.4. The Kier molecular flexibility index (Phi) is 6.45. The molecule has 36 heavy (non-hydrogen) atoms. The first-order valence-corrected chi connectivity index (χ1v) is 13.5. The summed E-state index contributed by atoms with van der Waals surface area (Å²) < 4.78 is 17.6. The van der Waals surface area contributed by atoms with Gasteiger partial charge in [-0.15, -0.1) is 0 Å². The standard InChI is InChI=1S/C25H34N6O4S/c1-15-22(26)25(14-35-15)4-7-30(8-5-25)23-18(12-32)29-20(10-28-23)36-19-3-6-27-24-21(19)34-13-16-9-17(33-2)11-31(16)24/h3,6,10,15-17,22,32H,4-5,7-9,11-14,26H2,1-2H3/t15?,16?,17-,22-/m1/s1. The van der Waals surface area contributed by atoms with Gasteiger partial charge < -0.3 is 34.9 Å². The molecule has 0 radical (unpaired) electrons. The van der Waals surface area contributed by atoms with Crippen molar-refractivity contribution in [2.24, 2.45) is 11.1 Å². The first kappa shape index (κ1) is 24.2. The molecule has 2 unspecified atom stereocenters. The maximum atomic E-state index is 10.1. The molecule has 10 nitrogen and oxygen atoms in total. The number of fused-ring (bicyclic) bond motifs is 3. The number of methoxy groups -OCH3 is 1. The molecular weight excluding hydrogens is 480 g/mol. The number of nitrogens with two attached hydrogens (primary N) is 1. The highest BCUT2D eigenvalue weighted by atomic mass is 32.2. The second-order valence-electron chi connectivity index (χ2n) is 10.3. The molecule has 0 aromatic carbocycles. The Morgan fingerprint density at radius 3 is 2.83 bits per heavy atom. The van der Waals surface area contributed by atoms with Crippen LogP contribution in [0.4, 0.5) is 11.6 Å². The van der Waals surface area contributed by atoms with Gasteiger partial charge in [0.2, 0.25) is 0 Å². The predicted octanol–water partition coefficient (Wildman–Crippen LogP) is 1.83. The van der Waals surface area contributed by atoms with Crippen molar-refractivity contribution in [2.75, 3.05) is 49.8 Å². The molecule has 0 amide bonds. The summed E-state index contributed by atoms with van der Waals surface area (Å²) in [7, 11) is 1.76. The highest BCUT2D eigenvalue weighted by molar-refractivity contribution is 7.99. The molecule has 11 heteroatoms. The van der Waals surface area contributed by atoms with Crippen LogP contribution in [0.3, 0.4) is 0 Å². The van der Waals surface area contributed by atoms with Crippen LogP contribution in [-0.4, -0.2) is 84.3 Å². The summed E-state index contributed by atoms with van der Waals surface area (Å²) in [5, 5.41) is 10.8. The van der Waals surface area contributed by atoms with Gasteiger partial charge in [0, 0.05) is 44.4 Å². The smallest absolute Gasteiger partial charge is 0.175 e. The van der Waals surface area contributed by atoms with Crippen molar-refractivity contribution in [3.8, 4) is 5.75 Å². The Bertz CT molecular complexity index is 1110. The van der Waals surface area contributed by atoms with Crippen LogP contribution in [0.25, 0.3) is 0 Å². The first-order chi connectivity index (χ1) is 17.5. The minimum absolute atomic E-state index is 0.0383. The number of aromatic nitrogens is 3. The van der Waals surface area contributed by atoms with E-state index in [1.807, 2.05) is 12.3 Å². The van der Waals surface area contributed by atoms with Gasteiger partial charge in [-0.05, 0) is 32.3 Å². The quantitative estimate of drug-likeness (QED) is 0.608. The monoisotopic (exact) mass is 514 g/mol. The Labute approximate surface area is 215 Å². The third-order valence-corrected chi connectivity index (χ3v) is 9.27. The van der Waals surface area contributed by atoms with Crippen molar-refractivity contribution in [1.82, 2.24) is 15.0 Å². The SMILES string of the molecule is CO[C@@H]1CC2COc3c(Sc4cnc(N5CCC6(CC5)COC(C)[C@H]6N)c(CO)n4)ccnc3N2C1. The molecule has 3 N–H and O–H groups in total. The van der Waals surface area contributed by atoms with Gasteiger partial charge in [-0.1, -0.05) is 11.8 Å². The van der Waals surface area contributed by atoms with Gasteiger partial charge in [0.1, 0.15) is 17.3 Å². The Morgan fingerprint density at radius 2 is 2.11 bits per heavy atom. The highest BCUT2D eigenvalue weighted by Crippen LogP contribution is 2.45. The summed E-state index contributed by atoms with van der Waals surface area (Å²) >= 11 is 1.48. The summed E-state index contributed by atoms with van der Waals surface area (Å²) in [6, 6.07) is 2.29. The summed E-state index contributed by atoms with van der Waals surface area (Å²) in [5.41, 5.74) is 7.10. The largest absolute Gasteiger partial charge is 0.486 e. The van der Waals surface area contributed by atoms with Crippen molar-refractivity contribution in [3.63, 3.8) is 0 Å². The van der Waals surface area contributed by atoms with Gasteiger partial charge in [-0.2, -0.15) is 0 Å². The lowest BCUT2D eigenvalue weighted by Gasteiger charge is -2.41. The van der Waals surface area contributed by atoms with Crippen LogP contribution in [0.5, 0.6) is 5.75 Å². The Balaban J connectivity index is 1.19. The third kappa shape index (κ3) is 4.10. The molecule has 1 spiro atoms. The number of piperidine rings is 1. The van der Waals surface area contributed by atoms with Gasteiger partial charge >= 0.3 is 0 Å². The molecule has 0 aliphatic carbocycles. The molecule has 6 heterocycles. The summed E-state index contributed by atoms with van der Waals surface area (Å²) in [6.07, 6.45) is 6.72. The van der Waals surface area contributed by atoms with E-state index in [1.165, 1.54) is 11.8 Å². The number of aliphatic hydroxyl groups is 1. The van der Waals surface area contributed by atoms with E-state index in [0.717, 1.165) is 67.8 Å². The molecule has 0 bridgehead atoms. The van der Waals surface area contributed by atoms with Crippen molar-refractivity contribution >= 4 is 23.4 Å². The number of aliphatic hydroxyl groups excluding tert-OH is 1. The maximum absolute atomic E-state index is 10.1. The summed E-state index contributed by atoms with van der Waals surface area (Å²) in [5.74, 6) is 2.38. The Morgan fingerprint density at radius 1 is 1.28 bits per heavy atom. The first-order valence-electron chi connectivity index (χ1n) is 12.7. The molecule has 2 aromatic heterocycles. The Hall–Kier alpha value is -2.18. The number of rotatable bonds is 5. The van der Waals surface area contributed by atoms with Gasteiger partial charge in [-0.25, -0.2) is 15.0 Å². The maximum Gasteiger partial charge on any atom is 0.175 e. The number of nitrogens with zero attached hydrogens (tertiary/aromatic N) is 5. The average Bonchev–Trinajstić information content (AvgIpc) is 3.46. The molecule has 194 valence electrons. The molecular formula is C25H34N6O4S. The third-order valence-electron chi connectivity index (χ3n) is 8.32. The zero-order valence-corrected chi connectivity index (χ0v) is 21.6. The zero-order valence-electron chi connectivity index (χ0n) is 20.8. The fraction of sp³-hybridized carbons (Fsp3) is 0.640. The highest BCUT2D eigenvalue weighted by Gasteiger charge is 2.48. The number of hydrogen-bond donors (Lipinski definition) is 2. The van der Waals surface area contributed by atoms with Gasteiger partial charge in [0.25, 0.3) is 0 Å². The molecule has 2 aromatic rings. The van der Waals surface area contributed by atoms with Crippen LogP contribution >= 0.6 is 11.8 Å². The van der Waals surface area contributed by atoms with E-state index in [1.54, 1.807) is 13.3 Å².